The van der Waals surface area contributed by atoms with Gasteiger partial charge in [0.1, 0.15) is 12.4 Å². The Balaban J connectivity index is 1.61. The quantitative estimate of drug-likeness (QED) is 0.221. The molecule has 0 aliphatic heterocycles. The third-order valence-corrected chi connectivity index (χ3v) is 8.33. The standard InChI is InChI=1S/C35H47N3O5/c1-6-38(29-10-8-7-9-11-29)33-22-28(27-12-14-30(15-13-27)43-19-18-42-17-16-41-5)21-31(26(33)4)34(39)36-23-32-24(2)20-25(3)37-35(32)40/h12-15,20-22,29H,6-11,16-19,23H2,1-5H3,(H,36,39)(H,37,40). The van der Waals surface area contributed by atoms with Crippen LogP contribution in [0.2, 0.25) is 0 Å². The number of ether oxygens (including phenoxy) is 3. The molecule has 8 nitrogen and oxygen atoms in total. The predicted molar refractivity (Wildman–Crippen MR) is 172 cm³/mol. The van der Waals surface area contributed by atoms with E-state index in [-0.39, 0.29) is 18.0 Å². The van der Waals surface area contributed by atoms with Gasteiger partial charge in [0, 0.05) is 48.7 Å². The second kappa shape index (κ2) is 15.7. The highest BCUT2D eigenvalue weighted by molar-refractivity contribution is 5.99. The van der Waals surface area contributed by atoms with Crippen molar-refractivity contribution >= 4 is 11.6 Å². The van der Waals surface area contributed by atoms with E-state index < -0.39 is 0 Å². The molecular weight excluding hydrogens is 542 g/mol. The van der Waals surface area contributed by atoms with Crippen LogP contribution in [0.3, 0.4) is 0 Å². The summed E-state index contributed by atoms with van der Waals surface area (Å²) in [7, 11) is 1.65. The number of pyridine rings is 1. The van der Waals surface area contributed by atoms with Crippen LogP contribution in [0.15, 0.2) is 47.3 Å². The lowest BCUT2D eigenvalue weighted by atomic mass is 9.91. The SMILES string of the molecule is CCN(c1cc(-c2ccc(OCCOCCOC)cc2)cc(C(=O)NCc2c(C)cc(C)[nH]c2=O)c1C)C1CCCCC1. The number of aromatic nitrogens is 1. The molecule has 1 saturated carbocycles. The smallest absolute Gasteiger partial charge is 0.253 e. The first-order chi connectivity index (χ1) is 20.8. The second-order valence-electron chi connectivity index (χ2n) is 11.3. The Morgan fingerprint density at radius 1 is 0.953 bits per heavy atom. The Kier molecular flexibility index (Phi) is 11.8. The molecule has 1 aromatic heterocycles. The Labute approximate surface area is 255 Å². The number of hydrogen-bond acceptors (Lipinski definition) is 6. The largest absolute Gasteiger partial charge is 0.491 e. The summed E-state index contributed by atoms with van der Waals surface area (Å²) in [6, 6.07) is 14.5. The zero-order chi connectivity index (χ0) is 30.8. The van der Waals surface area contributed by atoms with Crippen molar-refractivity contribution in [3.63, 3.8) is 0 Å². The maximum absolute atomic E-state index is 13.7. The lowest BCUT2D eigenvalue weighted by Gasteiger charge is -2.37. The molecule has 2 aromatic carbocycles. The minimum absolute atomic E-state index is 0.165. The van der Waals surface area contributed by atoms with Gasteiger partial charge in [-0.25, -0.2) is 0 Å². The normalized spacial score (nSPS) is 13.6. The van der Waals surface area contributed by atoms with Crippen LogP contribution >= 0.6 is 0 Å². The van der Waals surface area contributed by atoms with Crippen molar-refractivity contribution in [2.24, 2.45) is 0 Å². The average molecular weight is 590 g/mol. The molecule has 1 fully saturated rings. The Morgan fingerprint density at radius 2 is 1.67 bits per heavy atom. The van der Waals surface area contributed by atoms with Crippen LogP contribution in [0, 0.1) is 20.8 Å². The van der Waals surface area contributed by atoms with Gasteiger partial charge in [0.25, 0.3) is 11.5 Å². The van der Waals surface area contributed by atoms with E-state index in [4.69, 9.17) is 14.2 Å². The number of amides is 1. The van der Waals surface area contributed by atoms with Crippen LogP contribution in [0.5, 0.6) is 5.75 Å². The molecule has 3 aromatic rings. The van der Waals surface area contributed by atoms with Crippen molar-refractivity contribution in [3.8, 4) is 16.9 Å². The summed E-state index contributed by atoms with van der Waals surface area (Å²) in [5.41, 5.74) is 6.73. The summed E-state index contributed by atoms with van der Waals surface area (Å²) in [4.78, 5) is 31.6. The van der Waals surface area contributed by atoms with E-state index >= 15 is 0 Å². The molecule has 2 N–H and O–H groups in total. The van der Waals surface area contributed by atoms with E-state index in [1.54, 1.807) is 7.11 Å². The van der Waals surface area contributed by atoms with Gasteiger partial charge >= 0.3 is 0 Å². The molecule has 1 amide bonds. The number of nitrogens with zero attached hydrogens (tertiary/aromatic N) is 1. The van der Waals surface area contributed by atoms with Gasteiger partial charge < -0.3 is 29.4 Å². The van der Waals surface area contributed by atoms with E-state index in [0.717, 1.165) is 58.8 Å². The molecule has 0 bridgehead atoms. The number of nitrogens with one attached hydrogen (secondary N) is 2. The third-order valence-electron chi connectivity index (χ3n) is 8.33. The number of aryl methyl sites for hydroxylation is 2. The number of methoxy groups -OCH3 is 1. The number of hydrogen-bond donors (Lipinski definition) is 2. The fourth-order valence-corrected chi connectivity index (χ4v) is 5.99. The number of anilines is 1. The molecule has 43 heavy (non-hydrogen) atoms. The first-order valence-corrected chi connectivity index (χ1v) is 15.5. The fourth-order valence-electron chi connectivity index (χ4n) is 5.99. The van der Waals surface area contributed by atoms with E-state index in [0.29, 0.717) is 43.6 Å². The minimum atomic E-state index is -0.187. The van der Waals surface area contributed by atoms with Crippen LogP contribution in [0.4, 0.5) is 5.69 Å². The molecule has 1 heterocycles. The van der Waals surface area contributed by atoms with Gasteiger partial charge in [0.05, 0.1) is 19.8 Å². The number of carbonyl (C=O) groups is 1. The summed E-state index contributed by atoms with van der Waals surface area (Å²) in [5.74, 6) is 0.577. The molecule has 0 unspecified atom stereocenters. The van der Waals surface area contributed by atoms with E-state index in [1.807, 2.05) is 57.2 Å². The number of H-pyrrole nitrogens is 1. The predicted octanol–water partition coefficient (Wildman–Crippen LogP) is 6.10. The van der Waals surface area contributed by atoms with Crippen molar-refractivity contribution in [1.82, 2.24) is 10.3 Å². The molecule has 0 radical (unpaired) electrons. The first-order valence-electron chi connectivity index (χ1n) is 15.5. The molecule has 232 valence electrons. The summed E-state index contributed by atoms with van der Waals surface area (Å²) in [6.45, 7) is 11.1. The van der Waals surface area contributed by atoms with Gasteiger partial charge in [-0.3, -0.25) is 9.59 Å². The highest BCUT2D eigenvalue weighted by Crippen LogP contribution is 2.35. The van der Waals surface area contributed by atoms with Crippen molar-refractivity contribution in [2.75, 3.05) is 45.0 Å². The van der Waals surface area contributed by atoms with E-state index in [1.165, 1.54) is 19.3 Å². The number of rotatable bonds is 14. The molecule has 0 atom stereocenters. The van der Waals surface area contributed by atoms with Crippen molar-refractivity contribution in [3.05, 3.63) is 80.8 Å². The third kappa shape index (κ3) is 8.48. The van der Waals surface area contributed by atoms with E-state index in [9.17, 15) is 9.59 Å². The molecule has 1 aliphatic carbocycles. The summed E-state index contributed by atoms with van der Waals surface area (Å²) < 4.78 is 16.3. The number of benzene rings is 2. The van der Waals surface area contributed by atoms with E-state index in [2.05, 4.69) is 28.2 Å². The fraction of sp³-hybridized carbons (Fsp3) is 0.486. The molecule has 1 aliphatic rings. The molecule has 0 spiro atoms. The minimum Gasteiger partial charge on any atom is -0.491 e. The Bertz CT molecular complexity index is 1410. The Hall–Kier alpha value is -3.62. The maximum Gasteiger partial charge on any atom is 0.253 e. The maximum atomic E-state index is 13.7. The van der Waals surface area contributed by atoms with Crippen LogP contribution in [0.1, 0.15) is 71.8 Å². The zero-order valence-corrected chi connectivity index (χ0v) is 26.4. The lowest BCUT2D eigenvalue weighted by Crippen LogP contribution is -2.37. The first kappa shape index (κ1) is 32.3. The summed E-state index contributed by atoms with van der Waals surface area (Å²) in [5, 5.41) is 3.03. The highest BCUT2D eigenvalue weighted by Gasteiger charge is 2.24. The van der Waals surface area contributed by atoms with Crippen molar-refractivity contribution in [1.29, 1.82) is 0 Å². The van der Waals surface area contributed by atoms with Crippen LogP contribution in [-0.2, 0) is 16.0 Å². The van der Waals surface area contributed by atoms with Gasteiger partial charge in [-0.2, -0.15) is 0 Å². The topological polar surface area (TPSA) is 92.9 Å². The summed E-state index contributed by atoms with van der Waals surface area (Å²) >= 11 is 0. The molecular formula is C35H47N3O5. The van der Waals surface area contributed by atoms with Gasteiger partial charge in [-0.05, 0) is 93.1 Å². The van der Waals surface area contributed by atoms with Crippen molar-refractivity contribution in [2.45, 2.75) is 72.4 Å². The van der Waals surface area contributed by atoms with Gasteiger partial charge in [0.15, 0.2) is 0 Å². The molecule has 8 heteroatoms. The average Bonchev–Trinajstić information content (AvgIpc) is 3.00. The highest BCUT2D eigenvalue weighted by atomic mass is 16.5. The molecule has 4 rings (SSSR count). The zero-order valence-electron chi connectivity index (χ0n) is 26.4. The van der Waals surface area contributed by atoms with Gasteiger partial charge in [-0.1, -0.05) is 31.4 Å². The molecule has 0 saturated heterocycles. The van der Waals surface area contributed by atoms with Crippen LogP contribution < -0.4 is 20.5 Å². The van der Waals surface area contributed by atoms with Gasteiger partial charge in [0.2, 0.25) is 0 Å². The Morgan fingerprint density at radius 3 is 2.35 bits per heavy atom. The lowest BCUT2D eigenvalue weighted by molar-refractivity contribution is 0.0544. The monoisotopic (exact) mass is 589 g/mol. The van der Waals surface area contributed by atoms with Crippen molar-refractivity contribution < 1.29 is 19.0 Å². The van der Waals surface area contributed by atoms with Gasteiger partial charge in [-0.15, -0.1) is 0 Å². The number of carbonyl (C=O) groups excluding carboxylic acids is 1. The number of aromatic amines is 1. The second-order valence-corrected chi connectivity index (χ2v) is 11.3. The summed E-state index contributed by atoms with van der Waals surface area (Å²) in [6.07, 6.45) is 6.07. The van der Waals surface area contributed by atoms with Crippen LogP contribution in [-0.4, -0.2) is 57.0 Å². The van der Waals surface area contributed by atoms with Crippen LogP contribution in [0.25, 0.3) is 11.1 Å².